The smallest absolute Gasteiger partial charge is 0.444 e. The molecule has 1 saturated heterocycles. The first-order valence-electron chi connectivity index (χ1n) is 21.0. The van der Waals surface area contributed by atoms with E-state index in [-0.39, 0.29) is 0 Å². The Hall–Kier alpha value is -5.17. The highest BCUT2D eigenvalue weighted by atomic mass is 35.5. The summed E-state index contributed by atoms with van der Waals surface area (Å²) in [6, 6.07) is 22.9. The van der Waals surface area contributed by atoms with Gasteiger partial charge in [0.15, 0.2) is 5.60 Å². The molecule has 0 aromatic heterocycles. The van der Waals surface area contributed by atoms with Crippen molar-refractivity contribution in [2.75, 3.05) is 33.2 Å². The van der Waals surface area contributed by atoms with Crippen LogP contribution in [0.3, 0.4) is 0 Å². The maximum atomic E-state index is 14.5. The predicted molar refractivity (Wildman–Crippen MR) is 227 cm³/mol. The van der Waals surface area contributed by atoms with Crippen LogP contribution < -0.4 is 5.32 Å². The lowest BCUT2D eigenvalue weighted by Crippen LogP contribution is -2.61. The van der Waals surface area contributed by atoms with Crippen LogP contribution in [0.1, 0.15) is 106 Å². The highest BCUT2D eigenvalue weighted by Gasteiger charge is 2.50. The van der Waals surface area contributed by atoms with Gasteiger partial charge in [0, 0.05) is 48.4 Å². The van der Waals surface area contributed by atoms with Crippen molar-refractivity contribution in [2.45, 2.75) is 107 Å². The molecule has 10 nitrogen and oxygen atoms in total. The number of nitrogens with one attached hydrogen (secondary N) is 1. The van der Waals surface area contributed by atoms with Gasteiger partial charge >= 0.3 is 18.1 Å². The molecule has 4 amide bonds. The molecule has 14 heteroatoms. The van der Waals surface area contributed by atoms with Gasteiger partial charge in [-0.1, -0.05) is 123 Å². The summed E-state index contributed by atoms with van der Waals surface area (Å²) in [5, 5.41) is 2.94. The van der Waals surface area contributed by atoms with E-state index >= 15 is 0 Å². The summed E-state index contributed by atoms with van der Waals surface area (Å²) in [6.07, 6.45) is 4.82. The minimum Gasteiger partial charge on any atom is -0.444 e. The van der Waals surface area contributed by atoms with Crippen molar-refractivity contribution in [1.29, 1.82) is 0 Å². The van der Waals surface area contributed by atoms with Crippen LogP contribution in [0.2, 0.25) is 5.02 Å². The summed E-state index contributed by atoms with van der Waals surface area (Å²) in [5.74, 6) is -5.04. The average Bonchev–Trinajstić information content (AvgIpc) is 3.76. The van der Waals surface area contributed by atoms with Crippen molar-refractivity contribution in [3.8, 4) is 0 Å². The van der Waals surface area contributed by atoms with Gasteiger partial charge in [0.25, 0.3) is 0 Å². The van der Waals surface area contributed by atoms with Gasteiger partial charge in [0.2, 0.25) is 17.7 Å². The Bertz CT molecular complexity index is 2010. The Labute approximate surface area is 361 Å². The third-order valence-corrected chi connectivity index (χ3v) is 12.1. The fourth-order valence-electron chi connectivity index (χ4n) is 8.54. The molecule has 1 aliphatic carbocycles. The molecule has 328 valence electrons. The van der Waals surface area contributed by atoms with Crippen LogP contribution in [0.15, 0.2) is 91.5 Å². The molecule has 1 heterocycles. The van der Waals surface area contributed by atoms with Gasteiger partial charge in [0.05, 0.1) is 13.0 Å². The second-order valence-electron chi connectivity index (χ2n) is 16.4. The number of carbonyl (C=O) groups excluding carboxylic acids is 5. The topological polar surface area (TPSA) is 116 Å². The van der Waals surface area contributed by atoms with Crippen molar-refractivity contribution in [1.82, 2.24) is 20.0 Å². The van der Waals surface area contributed by atoms with E-state index in [0.717, 1.165) is 63.3 Å². The zero-order chi connectivity index (χ0) is 44.4. The number of hydrogen-bond donors (Lipinski definition) is 1. The lowest BCUT2D eigenvalue weighted by molar-refractivity contribution is -0.191. The van der Waals surface area contributed by atoms with Crippen LogP contribution in [-0.4, -0.2) is 95.3 Å². The summed E-state index contributed by atoms with van der Waals surface area (Å²) in [4.78, 5) is 70.8. The molecule has 3 aromatic rings. The number of amides is 4. The molecular formula is C47H56ClF3N4O6. The molecule has 61 heavy (non-hydrogen) atoms. The number of carbonyl (C=O) groups is 5. The Kier molecular flexibility index (Phi) is 15.8. The Balaban J connectivity index is 1.46. The van der Waals surface area contributed by atoms with Gasteiger partial charge < -0.3 is 24.8 Å². The lowest BCUT2D eigenvalue weighted by atomic mass is 9.78. The highest BCUT2D eigenvalue weighted by Crippen LogP contribution is 2.44. The molecule has 2 atom stereocenters. The summed E-state index contributed by atoms with van der Waals surface area (Å²) >= 11 is 6.95. The van der Waals surface area contributed by atoms with Gasteiger partial charge in [-0.2, -0.15) is 13.2 Å². The molecule has 0 bridgehead atoms. The van der Waals surface area contributed by atoms with Gasteiger partial charge in [-0.15, -0.1) is 6.58 Å². The zero-order valence-electron chi connectivity index (χ0n) is 35.1. The van der Waals surface area contributed by atoms with Crippen LogP contribution in [0.5, 0.6) is 0 Å². The summed E-state index contributed by atoms with van der Waals surface area (Å²) in [5.41, 5.74) is -0.734. The minimum absolute atomic E-state index is 0.330. The molecule has 0 radical (unpaired) electrons. The van der Waals surface area contributed by atoms with Crippen molar-refractivity contribution in [3.63, 3.8) is 0 Å². The summed E-state index contributed by atoms with van der Waals surface area (Å²) in [6.45, 7) is 5.19. The number of likely N-dealkylation sites (tertiary alicyclic amines) is 1. The number of nitrogens with zero attached hydrogens (tertiary/aromatic N) is 3. The molecule has 3 aromatic carbocycles. The molecular weight excluding hydrogens is 809 g/mol. The van der Waals surface area contributed by atoms with E-state index in [1.165, 1.54) is 31.9 Å². The summed E-state index contributed by atoms with van der Waals surface area (Å²) < 4.78 is 47.2. The van der Waals surface area contributed by atoms with E-state index < -0.39 is 72.5 Å². The van der Waals surface area contributed by atoms with Crippen molar-refractivity contribution < 1.29 is 41.9 Å². The lowest BCUT2D eigenvalue weighted by Gasteiger charge is -2.39. The van der Waals surface area contributed by atoms with Crippen LogP contribution in [0.25, 0.3) is 0 Å². The van der Waals surface area contributed by atoms with Gasteiger partial charge in [-0.3, -0.25) is 24.0 Å². The van der Waals surface area contributed by atoms with Crippen LogP contribution in [-0.2, 0) is 34.3 Å². The summed E-state index contributed by atoms with van der Waals surface area (Å²) in [7, 11) is 1.19. The number of rotatable bonds is 15. The maximum Gasteiger partial charge on any atom is 0.471 e. The van der Waals surface area contributed by atoms with Crippen LogP contribution >= 0.6 is 11.6 Å². The van der Waals surface area contributed by atoms with Gasteiger partial charge in [-0.05, 0) is 57.1 Å². The molecule has 2 aliphatic rings. The standard InChI is InChI=1S/C47H56ClF3N4O6/c1-5-28-55(44(60)47(49,50)51)45(2,3)43(59)53(4)32-40(56)52-39(42(58)54-29-16-17-30-54)31-41(57)61-46(35-20-12-9-13-21-35,37-22-14-15-23-38(37)48)36-26-24-34(25-27-36)33-18-10-7-6-8-11-19-33/h5,9,12-15,20-27,33,39H,1,6-8,10-11,16-19,28-32H2,2-4H3,(H,52,56)/t39-,46?/m0/s1. The molecule has 1 N–H and O–H groups in total. The van der Waals surface area contributed by atoms with Crippen molar-refractivity contribution in [3.05, 3.63) is 119 Å². The molecule has 0 spiro atoms. The van der Waals surface area contributed by atoms with E-state index in [4.69, 9.17) is 16.3 Å². The highest BCUT2D eigenvalue weighted by molar-refractivity contribution is 6.31. The number of alkyl halides is 3. The number of benzene rings is 3. The first kappa shape index (κ1) is 46.9. The zero-order valence-corrected chi connectivity index (χ0v) is 35.9. The van der Waals surface area contributed by atoms with E-state index in [9.17, 15) is 37.1 Å². The maximum absolute atomic E-state index is 14.5. The van der Waals surface area contributed by atoms with Crippen molar-refractivity contribution in [2.24, 2.45) is 0 Å². The Morgan fingerprint density at radius 2 is 1.41 bits per heavy atom. The molecule has 1 aliphatic heterocycles. The largest absolute Gasteiger partial charge is 0.471 e. The van der Waals surface area contributed by atoms with E-state index in [1.54, 1.807) is 29.2 Å². The van der Waals surface area contributed by atoms with E-state index in [1.807, 2.05) is 42.5 Å². The van der Waals surface area contributed by atoms with Gasteiger partial charge in [0.1, 0.15) is 11.6 Å². The predicted octanol–water partition coefficient (Wildman–Crippen LogP) is 8.31. The van der Waals surface area contributed by atoms with Crippen LogP contribution in [0, 0.1) is 0 Å². The quantitative estimate of drug-likeness (QED) is 0.0934. The number of ether oxygens (including phenoxy) is 1. The van der Waals surface area contributed by atoms with Crippen molar-refractivity contribution >= 4 is 41.2 Å². The third kappa shape index (κ3) is 11.2. The Morgan fingerprint density at radius 3 is 2.00 bits per heavy atom. The minimum atomic E-state index is -5.27. The number of halogens is 4. The molecule has 1 saturated carbocycles. The Morgan fingerprint density at radius 1 is 0.836 bits per heavy atom. The number of likely N-dealkylation sites (N-methyl/N-ethyl adjacent to an activating group) is 1. The number of hydrogen-bond acceptors (Lipinski definition) is 6. The SMILES string of the molecule is C=CCN(C(=O)C(F)(F)F)C(C)(C)C(=O)N(C)CC(=O)N[C@@H](CC(=O)OC(c1ccccc1)(c1ccc(C2CCCCCCC2)cc1)c1ccccc1Cl)C(=O)N1CCCC1. The normalized spacial score (nSPS) is 16.6. The van der Waals surface area contributed by atoms with E-state index in [0.29, 0.717) is 45.6 Å². The molecule has 5 rings (SSSR count). The fourth-order valence-corrected chi connectivity index (χ4v) is 8.81. The average molecular weight is 865 g/mol. The number of esters is 1. The first-order valence-corrected chi connectivity index (χ1v) is 21.3. The molecule has 2 fully saturated rings. The third-order valence-electron chi connectivity index (χ3n) is 11.7. The van der Waals surface area contributed by atoms with Crippen LogP contribution in [0.4, 0.5) is 13.2 Å². The monoisotopic (exact) mass is 864 g/mol. The van der Waals surface area contributed by atoms with Gasteiger partial charge in [-0.25, -0.2) is 0 Å². The van der Waals surface area contributed by atoms with E-state index in [2.05, 4.69) is 24.0 Å². The second-order valence-corrected chi connectivity index (χ2v) is 16.9. The molecule has 1 unspecified atom stereocenters. The fraction of sp³-hybridized carbons (Fsp3) is 0.468. The first-order chi connectivity index (χ1) is 29.0. The second kappa shape index (κ2) is 20.6.